The average molecular weight is 214 g/mol. The van der Waals surface area contributed by atoms with Gasteiger partial charge >= 0.3 is 0 Å². The Labute approximate surface area is 79.2 Å². The molecule has 0 saturated carbocycles. The quantitative estimate of drug-likeness (QED) is 0.443. The molecule has 0 aromatic heterocycles. The first-order valence-electron chi connectivity index (χ1n) is 4.14. The molecule has 0 atom stereocenters. The fourth-order valence-electron chi connectivity index (χ4n) is 0.482. The fourth-order valence-corrected chi connectivity index (χ4v) is 0.997. The van der Waals surface area contributed by atoms with Gasteiger partial charge in [0.1, 0.15) is 0 Å². The molecule has 0 fully saturated rings. The maximum absolute atomic E-state index is 9.79. The fraction of sp³-hybridized carbons (Fsp3) is 1.00. The van der Waals surface area contributed by atoms with Crippen molar-refractivity contribution in [3.8, 4) is 0 Å². The SMILES string of the molecule is CCCS(=O)(=O)O.OCCCCO. The molecule has 0 bridgehead atoms. The minimum absolute atomic E-state index is 0.132. The Morgan fingerprint density at radius 3 is 1.54 bits per heavy atom. The Hall–Kier alpha value is -0.170. The van der Waals surface area contributed by atoms with Crippen molar-refractivity contribution < 1.29 is 23.2 Å². The van der Waals surface area contributed by atoms with E-state index >= 15 is 0 Å². The highest BCUT2D eigenvalue weighted by Crippen LogP contribution is 1.83. The van der Waals surface area contributed by atoms with Crippen LogP contribution in [0.1, 0.15) is 26.2 Å². The maximum Gasteiger partial charge on any atom is 0.264 e. The third-order valence-electron chi connectivity index (χ3n) is 1.03. The Bertz CT molecular complexity index is 171. The lowest BCUT2D eigenvalue weighted by Gasteiger charge is -1.85. The van der Waals surface area contributed by atoms with Gasteiger partial charge in [0.05, 0.1) is 5.75 Å². The average Bonchev–Trinajstić information content (AvgIpc) is 1.99. The summed E-state index contributed by atoms with van der Waals surface area (Å²) in [4.78, 5) is 0. The summed E-state index contributed by atoms with van der Waals surface area (Å²) in [5.41, 5.74) is 0. The zero-order chi connectivity index (χ0) is 10.7. The lowest BCUT2D eigenvalue weighted by Crippen LogP contribution is -2.01. The molecule has 13 heavy (non-hydrogen) atoms. The van der Waals surface area contributed by atoms with Gasteiger partial charge in [-0.1, -0.05) is 6.92 Å². The number of aliphatic hydroxyl groups is 2. The second-order valence-electron chi connectivity index (χ2n) is 2.44. The predicted octanol–water partition coefficient (Wildman–Crippen LogP) is 0.0354. The zero-order valence-corrected chi connectivity index (χ0v) is 8.63. The molecule has 0 aliphatic carbocycles. The topological polar surface area (TPSA) is 94.8 Å². The van der Waals surface area contributed by atoms with Gasteiger partial charge in [0.25, 0.3) is 10.1 Å². The molecule has 0 aromatic rings. The Kier molecular flexibility index (Phi) is 11.7. The van der Waals surface area contributed by atoms with Crippen LogP contribution in [-0.4, -0.2) is 42.2 Å². The van der Waals surface area contributed by atoms with Gasteiger partial charge in [0.15, 0.2) is 0 Å². The van der Waals surface area contributed by atoms with Gasteiger partial charge in [-0.15, -0.1) is 0 Å². The molecule has 82 valence electrons. The second-order valence-corrected chi connectivity index (χ2v) is 4.01. The van der Waals surface area contributed by atoms with E-state index in [1.54, 1.807) is 6.92 Å². The standard InChI is InChI=1S/C4H10O2.C3H8O3S/c5-3-1-2-4-6;1-2-3-7(4,5)6/h5-6H,1-4H2;2-3H2,1H3,(H,4,5,6). The molecule has 0 aromatic carbocycles. The van der Waals surface area contributed by atoms with E-state index in [-0.39, 0.29) is 19.0 Å². The summed E-state index contributed by atoms with van der Waals surface area (Å²) in [5.74, 6) is -0.132. The largest absolute Gasteiger partial charge is 0.396 e. The summed E-state index contributed by atoms with van der Waals surface area (Å²) in [6.45, 7) is 2.08. The molecule has 6 heteroatoms. The maximum atomic E-state index is 9.79. The first-order chi connectivity index (χ1) is 5.97. The van der Waals surface area contributed by atoms with E-state index in [1.165, 1.54) is 0 Å². The van der Waals surface area contributed by atoms with E-state index in [0.717, 1.165) is 12.8 Å². The highest BCUT2D eigenvalue weighted by atomic mass is 32.2. The number of unbranched alkanes of at least 4 members (excludes halogenated alkanes) is 1. The Morgan fingerprint density at radius 2 is 1.46 bits per heavy atom. The molecule has 0 aliphatic rings. The third-order valence-corrected chi connectivity index (χ3v) is 1.95. The van der Waals surface area contributed by atoms with Crippen molar-refractivity contribution in [1.29, 1.82) is 0 Å². The van der Waals surface area contributed by atoms with Crippen molar-refractivity contribution in [3.63, 3.8) is 0 Å². The van der Waals surface area contributed by atoms with Crippen LogP contribution in [0.2, 0.25) is 0 Å². The van der Waals surface area contributed by atoms with Crippen LogP contribution in [-0.2, 0) is 10.1 Å². The van der Waals surface area contributed by atoms with E-state index in [1.807, 2.05) is 0 Å². The van der Waals surface area contributed by atoms with Crippen molar-refractivity contribution >= 4 is 10.1 Å². The highest BCUT2D eigenvalue weighted by molar-refractivity contribution is 7.85. The van der Waals surface area contributed by atoms with Gasteiger partial charge in [-0.3, -0.25) is 4.55 Å². The van der Waals surface area contributed by atoms with E-state index < -0.39 is 10.1 Å². The van der Waals surface area contributed by atoms with Gasteiger partial charge in [-0.2, -0.15) is 8.42 Å². The summed E-state index contributed by atoms with van der Waals surface area (Å²) in [6, 6.07) is 0. The summed E-state index contributed by atoms with van der Waals surface area (Å²) in [6.07, 6.45) is 1.91. The van der Waals surface area contributed by atoms with Crippen LogP contribution in [0.15, 0.2) is 0 Å². The van der Waals surface area contributed by atoms with Crippen LogP contribution < -0.4 is 0 Å². The van der Waals surface area contributed by atoms with Crippen LogP contribution in [0.3, 0.4) is 0 Å². The molecule has 3 N–H and O–H groups in total. The summed E-state index contributed by atoms with van der Waals surface area (Å²) < 4.78 is 27.6. The molecule has 0 unspecified atom stereocenters. The first-order valence-corrected chi connectivity index (χ1v) is 5.75. The van der Waals surface area contributed by atoms with Gasteiger partial charge in [0.2, 0.25) is 0 Å². The number of aliphatic hydroxyl groups excluding tert-OH is 2. The van der Waals surface area contributed by atoms with E-state index in [0.29, 0.717) is 6.42 Å². The lowest BCUT2D eigenvalue weighted by atomic mass is 10.3. The molecule has 0 spiro atoms. The van der Waals surface area contributed by atoms with Gasteiger partial charge in [-0.25, -0.2) is 0 Å². The van der Waals surface area contributed by atoms with Crippen molar-refractivity contribution in [2.24, 2.45) is 0 Å². The smallest absolute Gasteiger partial charge is 0.264 e. The first kappa shape index (κ1) is 15.3. The Balaban J connectivity index is 0. The molecule has 0 aliphatic heterocycles. The highest BCUT2D eigenvalue weighted by Gasteiger charge is 1.98. The van der Waals surface area contributed by atoms with Gasteiger partial charge in [0, 0.05) is 13.2 Å². The summed E-state index contributed by atoms with van der Waals surface area (Å²) in [5, 5.41) is 16.2. The molecular weight excluding hydrogens is 196 g/mol. The third kappa shape index (κ3) is 24.5. The lowest BCUT2D eigenvalue weighted by molar-refractivity contribution is 0.242. The molecule has 0 amide bonds. The monoisotopic (exact) mass is 214 g/mol. The van der Waals surface area contributed by atoms with Crippen LogP contribution in [0.5, 0.6) is 0 Å². The number of rotatable bonds is 5. The zero-order valence-electron chi connectivity index (χ0n) is 7.81. The van der Waals surface area contributed by atoms with Crippen molar-refractivity contribution in [2.75, 3.05) is 19.0 Å². The predicted molar refractivity (Wildman–Crippen MR) is 50.1 cm³/mol. The molecule has 5 nitrogen and oxygen atoms in total. The number of hydrogen-bond acceptors (Lipinski definition) is 4. The van der Waals surface area contributed by atoms with E-state index in [2.05, 4.69) is 0 Å². The normalized spacial score (nSPS) is 10.5. The Morgan fingerprint density at radius 1 is 1.08 bits per heavy atom. The molecule has 0 saturated heterocycles. The van der Waals surface area contributed by atoms with Gasteiger partial charge in [-0.05, 0) is 19.3 Å². The molecule has 0 heterocycles. The van der Waals surface area contributed by atoms with Crippen molar-refractivity contribution in [2.45, 2.75) is 26.2 Å². The van der Waals surface area contributed by atoms with Crippen LogP contribution in [0, 0.1) is 0 Å². The molecule has 0 radical (unpaired) electrons. The van der Waals surface area contributed by atoms with Crippen LogP contribution in [0.25, 0.3) is 0 Å². The summed E-state index contributed by atoms with van der Waals surface area (Å²) in [7, 11) is -3.67. The minimum Gasteiger partial charge on any atom is -0.396 e. The summed E-state index contributed by atoms with van der Waals surface area (Å²) >= 11 is 0. The molecular formula is C7H18O5S. The van der Waals surface area contributed by atoms with E-state index in [4.69, 9.17) is 14.8 Å². The van der Waals surface area contributed by atoms with Crippen molar-refractivity contribution in [3.05, 3.63) is 0 Å². The number of hydrogen-bond donors (Lipinski definition) is 3. The van der Waals surface area contributed by atoms with E-state index in [9.17, 15) is 8.42 Å². The van der Waals surface area contributed by atoms with Crippen LogP contribution >= 0.6 is 0 Å². The van der Waals surface area contributed by atoms with Crippen molar-refractivity contribution in [1.82, 2.24) is 0 Å². The molecule has 0 rings (SSSR count). The van der Waals surface area contributed by atoms with Gasteiger partial charge < -0.3 is 10.2 Å². The van der Waals surface area contributed by atoms with Crippen LogP contribution in [0.4, 0.5) is 0 Å². The second kappa shape index (κ2) is 9.91. The minimum atomic E-state index is -3.67.